The summed E-state index contributed by atoms with van der Waals surface area (Å²) in [5, 5.41) is 22.0. The third kappa shape index (κ3) is 6.79. The summed E-state index contributed by atoms with van der Waals surface area (Å²) in [5.74, 6) is -1.77. The van der Waals surface area contributed by atoms with Gasteiger partial charge in [-0.05, 0) is 73.2 Å². The molecular weight excluding hydrogens is 511 g/mol. The molecule has 8 nitrogen and oxygen atoms in total. The van der Waals surface area contributed by atoms with Crippen molar-refractivity contribution in [2.24, 2.45) is 0 Å². The first-order valence-electron chi connectivity index (χ1n) is 13.3. The lowest BCUT2D eigenvalue weighted by atomic mass is 9.97. The summed E-state index contributed by atoms with van der Waals surface area (Å²) in [7, 11) is 0. The number of nitrogens with one attached hydrogen (secondary N) is 1. The van der Waals surface area contributed by atoms with Gasteiger partial charge in [0.25, 0.3) is 5.91 Å². The van der Waals surface area contributed by atoms with Crippen molar-refractivity contribution in [3.05, 3.63) is 90.3 Å². The summed E-state index contributed by atoms with van der Waals surface area (Å²) in [6.07, 6.45) is 3.38. The molecule has 2 aromatic carbocycles. The standard InChI is InChI=1S/C31H33FN4O4/c1-20(2)29-28(31(40)35-23-8-4-3-5-9-23)27(25-15-16-33-19-34-25)30(21-11-13-22(32)14-12-21)36(29)17-7-6-10-24(37)18-26(38)39/h3-5,8-9,11-16,19-20,24,37H,6-7,10,17-18H2,1-2H3,(H,35,40)(H,38,39)/t24-/m1/s1. The van der Waals surface area contributed by atoms with Gasteiger partial charge in [0.15, 0.2) is 0 Å². The third-order valence-corrected chi connectivity index (χ3v) is 6.64. The van der Waals surface area contributed by atoms with Crippen LogP contribution in [0.2, 0.25) is 0 Å². The molecule has 0 unspecified atom stereocenters. The average Bonchev–Trinajstić information content (AvgIpc) is 3.28. The van der Waals surface area contributed by atoms with Gasteiger partial charge in [0.1, 0.15) is 12.1 Å². The van der Waals surface area contributed by atoms with Gasteiger partial charge in [0.2, 0.25) is 0 Å². The van der Waals surface area contributed by atoms with Crippen molar-refractivity contribution in [2.75, 3.05) is 5.32 Å². The summed E-state index contributed by atoms with van der Waals surface area (Å²) in [6, 6.07) is 17.1. The molecule has 1 atom stereocenters. The molecule has 0 radical (unpaired) electrons. The normalized spacial score (nSPS) is 11.9. The fraction of sp³-hybridized carbons (Fsp3) is 0.290. The van der Waals surface area contributed by atoms with Crippen molar-refractivity contribution >= 4 is 17.6 Å². The van der Waals surface area contributed by atoms with Crippen molar-refractivity contribution in [2.45, 2.75) is 58.1 Å². The van der Waals surface area contributed by atoms with E-state index in [0.29, 0.717) is 48.3 Å². The zero-order chi connectivity index (χ0) is 28.6. The molecule has 1 amide bonds. The number of aliphatic hydroxyl groups excluding tert-OH is 1. The highest BCUT2D eigenvalue weighted by Gasteiger charge is 2.31. The molecule has 2 heterocycles. The van der Waals surface area contributed by atoms with Crippen molar-refractivity contribution < 1.29 is 24.2 Å². The van der Waals surface area contributed by atoms with E-state index in [-0.39, 0.29) is 24.1 Å². The number of nitrogens with zero attached hydrogens (tertiary/aromatic N) is 3. The second-order valence-corrected chi connectivity index (χ2v) is 9.96. The maximum atomic E-state index is 14.0. The SMILES string of the molecule is CC(C)c1c(C(=O)Nc2ccccc2)c(-c2ccncn2)c(-c2ccc(F)cc2)n1CCCC[C@@H](O)CC(=O)O. The Bertz CT molecular complexity index is 1440. The Balaban J connectivity index is 1.87. The van der Waals surface area contributed by atoms with Crippen LogP contribution in [0.25, 0.3) is 22.5 Å². The molecule has 9 heteroatoms. The largest absolute Gasteiger partial charge is 0.481 e. The van der Waals surface area contributed by atoms with Crippen molar-refractivity contribution in [3.63, 3.8) is 0 Å². The number of carboxylic acid groups (broad SMARTS) is 1. The predicted octanol–water partition coefficient (Wildman–Crippen LogP) is 6.13. The minimum Gasteiger partial charge on any atom is -0.481 e. The highest BCUT2D eigenvalue weighted by molar-refractivity contribution is 6.12. The van der Waals surface area contributed by atoms with Gasteiger partial charge in [0.05, 0.1) is 29.5 Å². The van der Waals surface area contributed by atoms with E-state index in [9.17, 15) is 19.1 Å². The zero-order valence-corrected chi connectivity index (χ0v) is 22.5. The number of unbranched alkanes of at least 4 members (excludes halogenated alkanes) is 1. The molecule has 0 saturated carbocycles. The van der Waals surface area contributed by atoms with Gasteiger partial charge in [-0.25, -0.2) is 14.4 Å². The summed E-state index contributed by atoms with van der Waals surface area (Å²) < 4.78 is 16.0. The number of aliphatic carboxylic acids is 1. The average molecular weight is 545 g/mol. The minimum atomic E-state index is -1.04. The fourth-order valence-corrected chi connectivity index (χ4v) is 4.96. The first kappa shape index (κ1) is 28.6. The van der Waals surface area contributed by atoms with Crippen molar-refractivity contribution in [3.8, 4) is 22.5 Å². The zero-order valence-electron chi connectivity index (χ0n) is 22.5. The highest BCUT2D eigenvalue weighted by atomic mass is 19.1. The molecule has 0 saturated heterocycles. The number of carbonyl (C=O) groups is 2. The van der Waals surface area contributed by atoms with E-state index in [4.69, 9.17) is 5.11 Å². The third-order valence-electron chi connectivity index (χ3n) is 6.64. The molecule has 0 fully saturated rings. The van der Waals surface area contributed by atoms with Gasteiger partial charge in [-0.15, -0.1) is 0 Å². The Hall–Kier alpha value is -4.37. The van der Waals surface area contributed by atoms with Gasteiger partial charge >= 0.3 is 5.97 Å². The molecule has 0 aliphatic carbocycles. The first-order chi connectivity index (χ1) is 19.3. The van der Waals surface area contributed by atoms with E-state index in [1.807, 2.05) is 44.2 Å². The van der Waals surface area contributed by atoms with E-state index in [1.165, 1.54) is 18.5 Å². The monoisotopic (exact) mass is 544 g/mol. The van der Waals surface area contributed by atoms with Crippen LogP contribution in [0.5, 0.6) is 0 Å². The van der Waals surface area contributed by atoms with Crippen LogP contribution in [0.3, 0.4) is 0 Å². The lowest BCUT2D eigenvalue weighted by Crippen LogP contribution is -2.17. The molecular formula is C31H33FN4O4. The number of rotatable bonds is 12. The summed E-state index contributed by atoms with van der Waals surface area (Å²) in [6.45, 7) is 4.52. The predicted molar refractivity (Wildman–Crippen MR) is 151 cm³/mol. The summed E-state index contributed by atoms with van der Waals surface area (Å²) in [5.41, 5.74) is 4.56. The van der Waals surface area contributed by atoms with Crippen LogP contribution in [0, 0.1) is 5.82 Å². The van der Waals surface area contributed by atoms with Gasteiger partial charge in [-0.1, -0.05) is 32.0 Å². The Morgan fingerprint density at radius 1 is 1.02 bits per heavy atom. The molecule has 208 valence electrons. The van der Waals surface area contributed by atoms with Crippen LogP contribution in [0.15, 0.2) is 73.2 Å². The van der Waals surface area contributed by atoms with Gasteiger partial charge < -0.3 is 20.1 Å². The minimum absolute atomic E-state index is 0.0658. The van der Waals surface area contributed by atoms with E-state index in [2.05, 4.69) is 19.9 Å². The number of aromatic nitrogens is 3. The number of amides is 1. The quantitative estimate of drug-likeness (QED) is 0.185. The van der Waals surface area contributed by atoms with Crippen LogP contribution in [0.1, 0.15) is 61.5 Å². The molecule has 3 N–H and O–H groups in total. The summed E-state index contributed by atoms with van der Waals surface area (Å²) in [4.78, 5) is 33.5. The molecule has 2 aromatic heterocycles. The molecule has 0 bridgehead atoms. The van der Waals surface area contributed by atoms with Crippen LogP contribution in [-0.2, 0) is 11.3 Å². The maximum absolute atomic E-state index is 14.0. The Morgan fingerprint density at radius 2 is 1.75 bits per heavy atom. The lowest BCUT2D eigenvalue weighted by molar-refractivity contribution is -0.139. The van der Waals surface area contributed by atoms with E-state index in [1.54, 1.807) is 24.4 Å². The molecule has 4 aromatic rings. The number of para-hydroxylation sites is 1. The van der Waals surface area contributed by atoms with Crippen LogP contribution in [-0.4, -0.2) is 42.7 Å². The Labute approximate surface area is 232 Å². The van der Waals surface area contributed by atoms with E-state index in [0.717, 1.165) is 17.0 Å². The van der Waals surface area contributed by atoms with Crippen LogP contribution < -0.4 is 5.32 Å². The molecule has 40 heavy (non-hydrogen) atoms. The number of anilines is 1. The first-order valence-corrected chi connectivity index (χ1v) is 13.3. The number of hydrogen-bond donors (Lipinski definition) is 3. The second kappa shape index (κ2) is 13.1. The number of carboxylic acids is 1. The Morgan fingerprint density at radius 3 is 2.38 bits per heavy atom. The second-order valence-electron chi connectivity index (χ2n) is 9.96. The fourth-order valence-electron chi connectivity index (χ4n) is 4.96. The summed E-state index contributed by atoms with van der Waals surface area (Å²) >= 11 is 0. The van der Waals surface area contributed by atoms with E-state index >= 15 is 0 Å². The van der Waals surface area contributed by atoms with E-state index < -0.39 is 12.1 Å². The molecule has 0 spiro atoms. The highest BCUT2D eigenvalue weighted by Crippen LogP contribution is 2.42. The van der Waals surface area contributed by atoms with Gasteiger partial charge in [-0.3, -0.25) is 9.59 Å². The van der Waals surface area contributed by atoms with Gasteiger partial charge in [0, 0.05) is 29.7 Å². The van der Waals surface area contributed by atoms with Crippen LogP contribution >= 0.6 is 0 Å². The number of aliphatic hydroxyl groups is 1. The lowest BCUT2D eigenvalue weighted by Gasteiger charge is -2.18. The number of hydrogen-bond acceptors (Lipinski definition) is 5. The maximum Gasteiger partial charge on any atom is 0.305 e. The molecule has 0 aliphatic heterocycles. The van der Waals surface area contributed by atoms with Gasteiger partial charge in [-0.2, -0.15) is 0 Å². The number of benzene rings is 2. The van der Waals surface area contributed by atoms with Crippen molar-refractivity contribution in [1.29, 1.82) is 0 Å². The molecule has 0 aliphatic rings. The Kier molecular flexibility index (Phi) is 9.39. The smallest absolute Gasteiger partial charge is 0.305 e. The molecule has 4 rings (SSSR count). The van der Waals surface area contributed by atoms with Crippen molar-refractivity contribution in [1.82, 2.24) is 14.5 Å². The van der Waals surface area contributed by atoms with Crippen LogP contribution in [0.4, 0.5) is 10.1 Å². The topological polar surface area (TPSA) is 117 Å². The number of halogens is 1. The number of carbonyl (C=O) groups excluding carboxylic acids is 1.